The average Bonchev–Trinajstić information content (AvgIpc) is 2.79. The molecular formula is C15H24N2O2. The van der Waals surface area contributed by atoms with E-state index in [0.29, 0.717) is 18.2 Å². The van der Waals surface area contributed by atoms with E-state index in [9.17, 15) is 5.11 Å². The molecule has 1 aliphatic rings. The van der Waals surface area contributed by atoms with Crippen molar-refractivity contribution in [3.8, 4) is 5.75 Å². The van der Waals surface area contributed by atoms with Crippen molar-refractivity contribution in [2.24, 2.45) is 5.92 Å². The molecule has 0 spiro atoms. The Morgan fingerprint density at radius 1 is 1.47 bits per heavy atom. The van der Waals surface area contributed by atoms with E-state index in [2.05, 4.69) is 18.7 Å². The highest BCUT2D eigenvalue weighted by atomic mass is 16.5. The second-order valence-electron chi connectivity index (χ2n) is 5.28. The first-order chi connectivity index (χ1) is 9.17. The van der Waals surface area contributed by atoms with Gasteiger partial charge in [-0.15, -0.1) is 0 Å². The first kappa shape index (κ1) is 14.0. The lowest BCUT2D eigenvalue weighted by Gasteiger charge is -2.28. The second-order valence-corrected chi connectivity index (χ2v) is 5.28. The molecule has 1 heterocycles. The number of anilines is 2. The molecule has 106 valence electrons. The Hall–Kier alpha value is -1.42. The summed E-state index contributed by atoms with van der Waals surface area (Å²) in [7, 11) is 0. The summed E-state index contributed by atoms with van der Waals surface area (Å²) in [4.78, 5) is 2.25. The quantitative estimate of drug-likeness (QED) is 0.801. The van der Waals surface area contributed by atoms with Crippen LogP contribution in [0.5, 0.6) is 5.75 Å². The van der Waals surface area contributed by atoms with Gasteiger partial charge in [-0.25, -0.2) is 0 Å². The zero-order valence-electron chi connectivity index (χ0n) is 11.8. The molecule has 1 aromatic carbocycles. The van der Waals surface area contributed by atoms with Crippen molar-refractivity contribution in [2.75, 3.05) is 30.4 Å². The predicted molar refractivity (Wildman–Crippen MR) is 78.6 cm³/mol. The Morgan fingerprint density at radius 2 is 2.26 bits per heavy atom. The maximum Gasteiger partial charge on any atom is 0.144 e. The van der Waals surface area contributed by atoms with Gasteiger partial charge in [0.15, 0.2) is 0 Å². The van der Waals surface area contributed by atoms with Gasteiger partial charge in [0, 0.05) is 18.3 Å². The van der Waals surface area contributed by atoms with Crippen LogP contribution in [0.15, 0.2) is 18.2 Å². The topological polar surface area (TPSA) is 58.7 Å². The fourth-order valence-electron chi connectivity index (χ4n) is 2.65. The van der Waals surface area contributed by atoms with E-state index in [1.165, 1.54) is 0 Å². The zero-order chi connectivity index (χ0) is 13.8. The van der Waals surface area contributed by atoms with E-state index in [1.54, 1.807) is 0 Å². The standard InChI is InChI=1S/C15H24N2O2/c1-3-8-19-15-9-12(4-5-13(15)16)17-7-6-11(2)14(17)10-18/h4-5,9,11,14,18H,3,6-8,10,16H2,1-2H3. The van der Waals surface area contributed by atoms with Crippen molar-refractivity contribution >= 4 is 11.4 Å². The molecule has 0 saturated carbocycles. The van der Waals surface area contributed by atoms with E-state index in [-0.39, 0.29) is 12.6 Å². The summed E-state index contributed by atoms with van der Waals surface area (Å²) in [5.41, 5.74) is 7.69. The van der Waals surface area contributed by atoms with Crippen molar-refractivity contribution in [1.82, 2.24) is 0 Å². The van der Waals surface area contributed by atoms with E-state index >= 15 is 0 Å². The molecule has 1 saturated heterocycles. The molecule has 0 aliphatic carbocycles. The molecule has 0 radical (unpaired) electrons. The molecule has 1 aliphatic heterocycles. The van der Waals surface area contributed by atoms with Gasteiger partial charge in [-0.3, -0.25) is 0 Å². The molecule has 0 bridgehead atoms. The largest absolute Gasteiger partial charge is 0.491 e. The third kappa shape index (κ3) is 2.95. The normalized spacial score (nSPS) is 22.8. The Balaban J connectivity index is 2.20. The number of nitrogens with zero attached hydrogens (tertiary/aromatic N) is 1. The van der Waals surface area contributed by atoms with Gasteiger partial charge >= 0.3 is 0 Å². The number of nitrogen functional groups attached to an aromatic ring is 1. The van der Waals surface area contributed by atoms with Gasteiger partial charge < -0.3 is 20.5 Å². The van der Waals surface area contributed by atoms with Crippen LogP contribution in [0.25, 0.3) is 0 Å². The van der Waals surface area contributed by atoms with Crippen LogP contribution in [-0.2, 0) is 0 Å². The number of ether oxygens (including phenoxy) is 1. The number of hydrogen-bond donors (Lipinski definition) is 2. The summed E-state index contributed by atoms with van der Waals surface area (Å²) in [5.74, 6) is 1.26. The number of hydrogen-bond acceptors (Lipinski definition) is 4. The summed E-state index contributed by atoms with van der Waals surface area (Å²) in [6.07, 6.45) is 2.07. The molecule has 0 amide bonds. The maximum atomic E-state index is 9.54. The number of rotatable bonds is 5. The van der Waals surface area contributed by atoms with Crippen molar-refractivity contribution in [3.63, 3.8) is 0 Å². The van der Waals surface area contributed by atoms with Gasteiger partial charge in [0.2, 0.25) is 0 Å². The average molecular weight is 264 g/mol. The smallest absolute Gasteiger partial charge is 0.144 e. The van der Waals surface area contributed by atoms with Crippen molar-refractivity contribution in [3.05, 3.63) is 18.2 Å². The Morgan fingerprint density at radius 3 is 2.95 bits per heavy atom. The number of aliphatic hydroxyl groups is 1. The molecular weight excluding hydrogens is 240 g/mol. The highest BCUT2D eigenvalue weighted by Crippen LogP contribution is 2.33. The van der Waals surface area contributed by atoms with Crippen LogP contribution in [0.4, 0.5) is 11.4 Å². The van der Waals surface area contributed by atoms with Crippen LogP contribution in [0.1, 0.15) is 26.7 Å². The van der Waals surface area contributed by atoms with Gasteiger partial charge in [0.05, 0.1) is 24.9 Å². The van der Waals surface area contributed by atoms with Gasteiger partial charge in [-0.1, -0.05) is 13.8 Å². The highest BCUT2D eigenvalue weighted by Gasteiger charge is 2.30. The third-order valence-corrected chi connectivity index (χ3v) is 3.86. The predicted octanol–water partition coefficient (Wildman–Crippen LogP) is 2.26. The van der Waals surface area contributed by atoms with Gasteiger partial charge in [-0.05, 0) is 30.9 Å². The zero-order valence-corrected chi connectivity index (χ0v) is 11.8. The molecule has 2 unspecified atom stereocenters. The highest BCUT2D eigenvalue weighted by molar-refractivity contribution is 5.63. The fraction of sp³-hybridized carbons (Fsp3) is 0.600. The number of benzene rings is 1. The first-order valence-corrected chi connectivity index (χ1v) is 7.07. The Bertz CT molecular complexity index is 423. The van der Waals surface area contributed by atoms with E-state index in [0.717, 1.165) is 30.8 Å². The van der Waals surface area contributed by atoms with Gasteiger partial charge in [-0.2, -0.15) is 0 Å². The minimum atomic E-state index is 0.191. The Kier molecular flexibility index (Phi) is 4.53. The molecule has 1 fully saturated rings. The molecule has 4 nitrogen and oxygen atoms in total. The van der Waals surface area contributed by atoms with Crippen LogP contribution in [-0.4, -0.2) is 30.9 Å². The summed E-state index contributed by atoms with van der Waals surface area (Å²) in [6, 6.07) is 6.08. The fourth-order valence-corrected chi connectivity index (χ4v) is 2.65. The van der Waals surface area contributed by atoms with Crippen LogP contribution < -0.4 is 15.4 Å². The summed E-state index contributed by atoms with van der Waals surface area (Å²) in [5, 5.41) is 9.54. The van der Waals surface area contributed by atoms with Gasteiger partial charge in [0.1, 0.15) is 5.75 Å². The molecule has 2 rings (SSSR count). The Labute approximate surface area is 115 Å². The third-order valence-electron chi connectivity index (χ3n) is 3.86. The maximum absolute atomic E-state index is 9.54. The molecule has 4 heteroatoms. The lowest BCUT2D eigenvalue weighted by Crippen LogP contribution is -2.35. The molecule has 3 N–H and O–H groups in total. The summed E-state index contributed by atoms with van der Waals surface area (Å²) < 4.78 is 5.67. The minimum Gasteiger partial charge on any atom is -0.491 e. The van der Waals surface area contributed by atoms with Crippen LogP contribution >= 0.6 is 0 Å². The first-order valence-electron chi connectivity index (χ1n) is 7.07. The number of nitrogens with two attached hydrogens (primary N) is 1. The van der Waals surface area contributed by atoms with Crippen molar-refractivity contribution in [1.29, 1.82) is 0 Å². The summed E-state index contributed by atoms with van der Waals surface area (Å²) in [6.45, 7) is 6.10. The van der Waals surface area contributed by atoms with E-state index in [4.69, 9.17) is 10.5 Å². The lowest BCUT2D eigenvalue weighted by molar-refractivity contribution is 0.244. The SMILES string of the molecule is CCCOc1cc(N2CCC(C)C2CO)ccc1N. The molecule has 0 aromatic heterocycles. The monoisotopic (exact) mass is 264 g/mol. The molecule has 19 heavy (non-hydrogen) atoms. The van der Waals surface area contributed by atoms with Gasteiger partial charge in [0.25, 0.3) is 0 Å². The van der Waals surface area contributed by atoms with E-state index in [1.807, 2.05) is 18.2 Å². The molecule has 2 atom stereocenters. The number of aliphatic hydroxyl groups excluding tert-OH is 1. The van der Waals surface area contributed by atoms with Crippen molar-refractivity contribution in [2.45, 2.75) is 32.7 Å². The van der Waals surface area contributed by atoms with Crippen LogP contribution in [0.3, 0.4) is 0 Å². The molecule has 1 aromatic rings. The lowest BCUT2D eigenvalue weighted by atomic mass is 10.0. The summed E-state index contributed by atoms with van der Waals surface area (Å²) >= 11 is 0. The van der Waals surface area contributed by atoms with Crippen molar-refractivity contribution < 1.29 is 9.84 Å². The van der Waals surface area contributed by atoms with Crippen LogP contribution in [0.2, 0.25) is 0 Å². The van der Waals surface area contributed by atoms with Crippen LogP contribution in [0, 0.1) is 5.92 Å². The second kappa shape index (κ2) is 6.15. The minimum absolute atomic E-state index is 0.191. The van der Waals surface area contributed by atoms with E-state index < -0.39 is 0 Å².